The molecule has 15 heavy (non-hydrogen) atoms. The molecule has 8 heteroatoms. The molecule has 1 aromatic carbocycles. The summed E-state index contributed by atoms with van der Waals surface area (Å²) in [4.78, 5) is 10.1. The lowest BCUT2D eigenvalue weighted by Crippen LogP contribution is -2.34. The molecule has 0 aliphatic carbocycles. The first-order chi connectivity index (χ1) is 6.83. The quantitative estimate of drug-likeness (QED) is 0.395. The van der Waals surface area contributed by atoms with Gasteiger partial charge < -0.3 is 16.6 Å². The first kappa shape index (κ1) is 11.1. The number of nitrogen functional groups attached to an aromatic ring is 1. The number of benzene rings is 1. The van der Waals surface area contributed by atoms with Crippen molar-refractivity contribution in [1.29, 1.82) is 0 Å². The van der Waals surface area contributed by atoms with Gasteiger partial charge >= 0.3 is 6.03 Å². The normalized spacial score (nSPS) is 10.9. The maximum atomic E-state index is 11.4. The van der Waals surface area contributed by atoms with E-state index in [4.69, 9.17) is 10.8 Å². The van der Waals surface area contributed by atoms with Gasteiger partial charge in [-0.15, -0.1) is 0 Å². The fraction of sp³-hybridized carbons (Fsp3) is 0. The number of carbonyl (C=O) groups is 1. The highest BCUT2D eigenvalue weighted by Crippen LogP contribution is 2.22. The van der Waals surface area contributed by atoms with Crippen LogP contribution in [0.4, 0.5) is 10.5 Å². The summed E-state index contributed by atoms with van der Waals surface area (Å²) in [5, 5.41) is 9.06. The van der Waals surface area contributed by atoms with Gasteiger partial charge in [0.25, 0.3) is 10.0 Å². The highest BCUT2D eigenvalue weighted by atomic mass is 32.2. The van der Waals surface area contributed by atoms with Crippen molar-refractivity contribution in [1.82, 2.24) is 4.72 Å². The molecule has 0 saturated carbocycles. The van der Waals surface area contributed by atoms with Gasteiger partial charge in [-0.05, 0) is 18.2 Å². The molecule has 0 radical (unpaired) electrons. The van der Waals surface area contributed by atoms with E-state index in [0.29, 0.717) is 0 Å². The van der Waals surface area contributed by atoms with Gasteiger partial charge in [-0.25, -0.2) is 17.9 Å². The molecular weight excluding hydrogens is 222 g/mol. The molecule has 6 N–H and O–H groups in total. The second-order valence-electron chi connectivity index (χ2n) is 2.69. The minimum atomic E-state index is -4.01. The predicted molar refractivity (Wildman–Crippen MR) is 52.4 cm³/mol. The molecule has 82 valence electrons. The number of hydrogen-bond acceptors (Lipinski definition) is 5. The maximum Gasteiger partial charge on any atom is 0.326 e. The van der Waals surface area contributed by atoms with Crippen LogP contribution < -0.4 is 16.2 Å². The van der Waals surface area contributed by atoms with E-state index in [-0.39, 0.29) is 16.3 Å². The van der Waals surface area contributed by atoms with Gasteiger partial charge in [0.05, 0.1) is 10.6 Å². The number of nitrogens with one attached hydrogen (secondary N) is 1. The number of aromatic hydroxyl groups is 1. The van der Waals surface area contributed by atoms with E-state index in [9.17, 15) is 13.2 Å². The summed E-state index contributed by atoms with van der Waals surface area (Å²) in [7, 11) is -4.01. The molecule has 2 amide bonds. The zero-order valence-corrected chi connectivity index (χ0v) is 8.28. The third-order valence-corrected chi connectivity index (χ3v) is 2.89. The highest BCUT2D eigenvalue weighted by molar-refractivity contribution is 7.90. The van der Waals surface area contributed by atoms with Gasteiger partial charge in [0.2, 0.25) is 0 Å². The zero-order valence-electron chi connectivity index (χ0n) is 7.47. The number of sulfonamides is 1. The van der Waals surface area contributed by atoms with E-state index in [1.807, 2.05) is 0 Å². The lowest BCUT2D eigenvalue weighted by Gasteiger charge is -2.05. The van der Waals surface area contributed by atoms with E-state index in [2.05, 4.69) is 5.73 Å². The molecule has 0 aliphatic rings. The van der Waals surface area contributed by atoms with Crippen LogP contribution in [-0.2, 0) is 10.0 Å². The first-order valence-corrected chi connectivity index (χ1v) is 5.22. The monoisotopic (exact) mass is 231 g/mol. The summed E-state index contributed by atoms with van der Waals surface area (Å²) < 4.78 is 24.3. The molecule has 0 bridgehead atoms. The van der Waals surface area contributed by atoms with Crippen LogP contribution in [0.25, 0.3) is 0 Å². The van der Waals surface area contributed by atoms with Crippen molar-refractivity contribution in [2.75, 3.05) is 5.73 Å². The van der Waals surface area contributed by atoms with Crippen molar-refractivity contribution >= 4 is 21.7 Å². The van der Waals surface area contributed by atoms with Crippen LogP contribution in [0.5, 0.6) is 5.75 Å². The molecule has 0 heterocycles. The summed E-state index contributed by atoms with van der Waals surface area (Å²) >= 11 is 0. The van der Waals surface area contributed by atoms with E-state index < -0.39 is 16.1 Å². The van der Waals surface area contributed by atoms with Crippen molar-refractivity contribution in [2.24, 2.45) is 5.73 Å². The molecule has 0 saturated heterocycles. The van der Waals surface area contributed by atoms with E-state index >= 15 is 0 Å². The Kier molecular flexibility index (Phi) is 2.71. The average Bonchev–Trinajstić information content (AvgIpc) is 2.07. The molecule has 0 unspecified atom stereocenters. The lowest BCUT2D eigenvalue weighted by atomic mass is 10.3. The minimum Gasteiger partial charge on any atom is -0.506 e. The van der Waals surface area contributed by atoms with Gasteiger partial charge in [0.15, 0.2) is 0 Å². The Labute approximate surface area is 85.7 Å². The van der Waals surface area contributed by atoms with Crippen molar-refractivity contribution in [3.63, 3.8) is 0 Å². The van der Waals surface area contributed by atoms with Crippen LogP contribution in [0.2, 0.25) is 0 Å². The Morgan fingerprint density at radius 3 is 2.47 bits per heavy atom. The van der Waals surface area contributed by atoms with E-state index in [0.717, 1.165) is 18.2 Å². The smallest absolute Gasteiger partial charge is 0.326 e. The molecule has 0 atom stereocenters. The Bertz CT molecular complexity index is 497. The number of rotatable bonds is 2. The largest absolute Gasteiger partial charge is 0.506 e. The van der Waals surface area contributed by atoms with Crippen molar-refractivity contribution in [2.45, 2.75) is 4.90 Å². The molecule has 0 aromatic heterocycles. The summed E-state index contributed by atoms with van der Waals surface area (Å²) in [5.74, 6) is -0.243. The van der Waals surface area contributed by atoms with Gasteiger partial charge in [-0.1, -0.05) is 0 Å². The number of hydrogen-bond donors (Lipinski definition) is 4. The Morgan fingerprint density at radius 1 is 1.40 bits per heavy atom. The van der Waals surface area contributed by atoms with Crippen LogP contribution in [0.1, 0.15) is 0 Å². The molecular formula is C7H9N3O4S. The fourth-order valence-corrected chi connectivity index (χ4v) is 1.80. The minimum absolute atomic E-state index is 0.109. The number of amides is 2. The van der Waals surface area contributed by atoms with Crippen molar-refractivity contribution in [3.05, 3.63) is 18.2 Å². The number of phenolic OH excluding ortho intramolecular Hbond substituents is 1. The summed E-state index contributed by atoms with van der Waals surface area (Å²) in [6.07, 6.45) is 0. The molecule has 1 aromatic rings. The summed E-state index contributed by atoms with van der Waals surface area (Å²) in [6, 6.07) is 2.02. The van der Waals surface area contributed by atoms with Crippen LogP contribution >= 0.6 is 0 Å². The van der Waals surface area contributed by atoms with E-state index in [1.165, 1.54) is 0 Å². The Balaban J connectivity index is 3.17. The number of urea groups is 1. The zero-order chi connectivity index (χ0) is 11.6. The number of anilines is 1. The predicted octanol–water partition coefficient (Wildman–Crippen LogP) is -0.669. The van der Waals surface area contributed by atoms with Crippen LogP contribution in [-0.4, -0.2) is 19.6 Å². The second kappa shape index (κ2) is 3.65. The summed E-state index contributed by atoms with van der Waals surface area (Å²) in [5.41, 5.74) is 9.85. The standard InChI is InChI=1S/C7H9N3O4S/c8-5-3-4(1-2-6(5)11)15(13,14)10-7(9)12/h1-3,11H,8H2,(H3,9,10,12). The average molecular weight is 231 g/mol. The maximum absolute atomic E-state index is 11.4. The number of primary amides is 1. The number of nitrogens with two attached hydrogens (primary N) is 2. The van der Waals surface area contributed by atoms with E-state index in [1.54, 1.807) is 4.72 Å². The highest BCUT2D eigenvalue weighted by Gasteiger charge is 2.16. The van der Waals surface area contributed by atoms with Gasteiger partial charge in [0, 0.05) is 0 Å². The van der Waals surface area contributed by atoms with Gasteiger partial charge in [-0.2, -0.15) is 0 Å². The van der Waals surface area contributed by atoms with Crippen LogP contribution in [0.15, 0.2) is 23.1 Å². The third kappa shape index (κ3) is 2.50. The SMILES string of the molecule is NC(=O)NS(=O)(=O)c1ccc(O)c(N)c1. The number of phenols is 1. The van der Waals surface area contributed by atoms with Crippen molar-refractivity contribution < 1.29 is 18.3 Å². The second-order valence-corrected chi connectivity index (χ2v) is 4.37. The molecule has 0 aliphatic heterocycles. The van der Waals surface area contributed by atoms with Crippen LogP contribution in [0, 0.1) is 0 Å². The Morgan fingerprint density at radius 2 is 2.00 bits per heavy atom. The van der Waals surface area contributed by atoms with Crippen molar-refractivity contribution in [3.8, 4) is 5.75 Å². The topological polar surface area (TPSA) is 136 Å². The van der Waals surface area contributed by atoms with Crippen LogP contribution in [0.3, 0.4) is 0 Å². The number of carbonyl (C=O) groups excluding carboxylic acids is 1. The lowest BCUT2D eigenvalue weighted by molar-refractivity contribution is 0.253. The third-order valence-electron chi connectivity index (χ3n) is 1.54. The van der Waals surface area contributed by atoms with Gasteiger partial charge in [0.1, 0.15) is 5.75 Å². The van der Waals surface area contributed by atoms with Gasteiger partial charge in [-0.3, -0.25) is 0 Å². The Hall–Kier alpha value is -1.96. The molecule has 0 spiro atoms. The molecule has 1 rings (SSSR count). The fourth-order valence-electron chi connectivity index (χ4n) is 0.891. The molecule has 0 fully saturated rings. The summed E-state index contributed by atoms with van der Waals surface area (Å²) in [6.45, 7) is 0. The molecule has 7 nitrogen and oxygen atoms in total. The first-order valence-electron chi connectivity index (χ1n) is 3.73.